The molecule has 0 heterocycles. The fourth-order valence-electron chi connectivity index (χ4n) is 2.13. The van der Waals surface area contributed by atoms with Gasteiger partial charge in [-0.3, -0.25) is 5.01 Å². The van der Waals surface area contributed by atoms with Crippen molar-refractivity contribution in [2.45, 2.75) is 64.1 Å². The monoisotopic (exact) mass is 302 g/mol. The highest BCUT2D eigenvalue weighted by atomic mass is 32.1. The van der Waals surface area contributed by atoms with Crippen molar-refractivity contribution in [1.29, 1.82) is 0 Å². The number of nitrogens with two attached hydrogens (primary N) is 1. The summed E-state index contributed by atoms with van der Waals surface area (Å²) in [6.45, 7) is 5.58. The number of carbonyl (C=O) groups is 1. The van der Waals surface area contributed by atoms with Gasteiger partial charge in [0.2, 0.25) is 0 Å². The number of nitrogens with zero attached hydrogens (tertiary/aromatic N) is 1. The minimum atomic E-state index is -0.458. The fraction of sp³-hybridized carbons (Fsp3) is 0.846. The van der Waals surface area contributed by atoms with E-state index in [0.29, 0.717) is 11.2 Å². The van der Waals surface area contributed by atoms with Gasteiger partial charge in [-0.15, -0.1) is 0 Å². The number of nitrogens with one attached hydrogen (secondary N) is 2. The summed E-state index contributed by atoms with van der Waals surface area (Å²) in [5, 5.41) is 8.09. The van der Waals surface area contributed by atoms with Crippen LogP contribution in [-0.2, 0) is 4.74 Å². The maximum absolute atomic E-state index is 11.7. The Morgan fingerprint density at radius 1 is 1.20 bits per heavy atom. The molecule has 0 bridgehead atoms. The Balaban J connectivity index is 2.29. The summed E-state index contributed by atoms with van der Waals surface area (Å²) in [6.07, 6.45) is 3.39. The molecule has 7 heteroatoms. The van der Waals surface area contributed by atoms with Crippen molar-refractivity contribution in [1.82, 2.24) is 15.6 Å². The normalized spacial score (nSPS) is 22.9. The number of alkyl carbamates (subject to hydrolysis) is 1. The summed E-state index contributed by atoms with van der Waals surface area (Å²) in [4.78, 5) is 11.7. The third kappa shape index (κ3) is 6.38. The minimum Gasteiger partial charge on any atom is -0.444 e. The molecule has 6 nitrogen and oxygen atoms in total. The molecule has 116 valence electrons. The van der Waals surface area contributed by atoms with Gasteiger partial charge in [0.15, 0.2) is 5.11 Å². The van der Waals surface area contributed by atoms with E-state index >= 15 is 0 Å². The first-order chi connectivity index (χ1) is 9.17. The van der Waals surface area contributed by atoms with Crippen LogP contribution in [0.4, 0.5) is 4.79 Å². The molecule has 0 spiro atoms. The van der Waals surface area contributed by atoms with Crippen LogP contribution in [0.15, 0.2) is 0 Å². The molecule has 0 aromatic heterocycles. The van der Waals surface area contributed by atoms with E-state index in [4.69, 9.17) is 22.8 Å². The first kappa shape index (κ1) is 17.0. The van der Waals surface area contributed by atoms with Crippen LogP contribution in [0.25, 0.3) is 0 Å². The van der Waals surface area contributed by atoms with Crippen LogP contribution < -0.4 is 16.5 Å². The Kier molecular flexibility index (Phi) is 6.01. The van der Waals surface area contributed by atoms with Crippen LogP contribution >= 0.6 is 12.2 Å². The maximum Gasteiger partial charge on any atom is 0.407 e. The summed E-state index contributed by atoms with van der Waals surface area (Å²) in [5.41, 5.74) is -0.458. The quantitative estimate of drug-likeness (QED) is 0.407. The lowest BCUT2D eigenvalue weighted by atomic mass is 9.91. The summed E-state index contributed by atoms with van der Waals surface area (Å²) in [7, 11) is 1.71. The molecule has 0 atom stereocenters. The van der Waals surface area contributed by atoms with E-state index in [9.17, 15) is 4.79 Å². The Bertz CT molecular complexity index is 347. The van der Waals surface area contributed by atoms with Crippen molar-refractivity contribution < 1.29 is 9.53 Å². The maximum atomic E-state index is 11.7. The second-order valence-corrected chi connectivity index (χ2v) is 6.64. The van der Waals surface area contributed by atoms with Gasteiger partial charge in [0, 0.05) is 19.1 Å². The summed E-state index contributed by atoms with van der Waals surface area (Å²) >= 11 is 5.12. The molecule has 0 radical (unpaired) electrons. The first-order valence-corrected chi connectivity index (χ1v) is 7.36. The highest BCUT2D eigenvalue weighted by Crippen LogP contribution is 2.19. The molecule has 0 aromatic rings. The van der Waals surface area contributed by atoms with Gasteiger partial charge < -0.3 is 15.4 Å². The fourth-order valence-corrected chi connectivity index (χ4v) is 2.30. The third-order valence-corrected chi connectivity index (χ3v) is 3.50. The molecule has 1 aliphatic carbocycles. The molecular formula is C13H26N4O2S. The SMILES string of the molecule is CN(N)C(=S)NC1CCC(NC(=O)OC(C)(C)C)CC1. The van der Waals surface area contributed by atoms with Gasteiger partial charge in [-0.1, -0.05) is 0 Å². The lowest BCUT2D eigenvalue weighted by Crippen LogP contribution is -2.49. The Morgan fingerprint density at radius 3 is 2.05 bits per heavy atom. The molecule has 0 aromatic carbocycles. The summed E-state index contributed by atoms with van der Waals surface area (Å²) in [6, 6.07) is 0.497. The lowest BCUT2D eigenvalue weighted by Gasteiger charge is -2.31. The van der Waals surface area contributed by atoms with E-state index in [1.54, 1.807) is 7.05 Å². The largest absolute Gasteiger partial charge is 0.444 e. The van der Waals surface area contributed by atoms with Gasteiger partial charge in [0.25, 0.3) is 0 Å². The second kappa shape index (κ2) is 7.08. The Hall–Kier alpha value is -1.08. The molecule has 1 rings (SSSR count). The van der Waals surface area contributed by atoms with Crippen molar-refractivity contribution in [2.24, 2.45) is 5.84 Å². The lowest BCUT2D eigenvalue weighted by molar-refractivity contribution is 0.0490. The number of hydrogen-bond donors (Lipinski definition) is 3. The van der Waals surface area contributed by atoms with E-state index < -0.39 is 5.60 Å². The van der Waals surface area contributed by atoms with Crippen molar-refractivity contribution in [3.63, 3.8) is 0 Å². The van der Waals surface area contributed by atoms with Gasteiger partial charge in [-0.25, -0.2) is 10.6 Å². The zero-order chi connectivity index (χ0) is 15.3. The van der Waals surface area contributed by atoms with Crippen molar-refractivity contribution in [3.8, 4) is 0 Å². The second-order valence-electron chi connectivity index (χ2n) is 6.26. The number of thiocarbonyl (C=S) groups is 1. The van der Waals surface area contributed by atoms with Crippen molar-refractivity contribution in [2.75, 3.05) is 7.05 Å². The summed E-state index contributed by atoms with van der Waals surface area (Å²) in [5.74, 6) is 5.56. The molecule has 0 saturated heterocycles. The number of hydrogen-bond acceptors (Lipinski definition) is 4. The van der Waals surface area contributed by atoms with Gasteiger partial charge in [0.1, 0.15) is 5.60 Å². The first-order valence-electron chi connectivity index (χ1n) is 6.96. The van der Waals surface area contributed by atoms with Gasteiger partial charge >= 0.3 is 6.09 Å². The average molecular weight is 302 g/mol. The molecule has 20 heavy (non-hydrogen) atoms. The standard InChI is InChI=1S/C13H26N4O2S/c1-13(2,3)19-12(18)16-10-7-5-9(6-8-10)15-11(20)17(4)14/h9-10H,5-8,14H2,1-4H3,(H,15,20)(H,16,18). The van der Waals surface area contributed by atoms with Gasteiger partial charge in [-0.05, 0) is 58.7 Å². The number of hydrazine groups is 1. The smallest absolute Gasteiger partial charge is 0.407 e. The molecular weight excluding hydrogens is 276 g/mol. The van der Waals surface area contributed by atoms with Crippen LogP contribution in [0.5, 0.6) is 0 Å². The van der Waals surface area contributed by atoms with E-state index in [1.807, 2.05) is 20.8 Å². The zero-order valence-electron chi connectivity index (χ0n) is 12.7. The third-order valence-electron chi connectivity index (χ3n) is 3.10. The van der Waals surface area contributed by atoms with Crippen LogP contribution in [0, 0.1) is 0 Å². The molecule has 1 aliphatic rings. The molecule has 0 unspecified atom stereocenters. The molecule has 1 fully saturated rings. The number of amides is 1. The highest BCUT2D eigenvalue weighted by molar-refractivity contribution is 7.80. The predicted octanol–water partition coefficient (Wildman–Crippen LogP) is 1.50. The summed E-state index contributed by atoms with van der Waals surface area (Å²) < 4.78 is 5.25. The van der Waals surface area contributed by atoms with Gasteiger partial charge in [-0.2, -0.15) is 0 Å². The molecule has 0 aliphatic heterocycles. The van der Waals surface area contributed by atoms with Gasteiger partial charge in [0.05, 0.1) is 0 Å². The van der Waals surface area contributed by atoms with Crippen LogP contribution in [0.3, 0.4) is 0 Å². The molecule has 1 saturated carbocycles. The Labute approximate surface area is 126 Å². The van der Waals surface area contributed by atoms with Crippen LogP contribution in [0.1, 0.15) is 46.5 Å². The van der Waals surface area contributed by atoms with E-state index in [0.717, 1.165) is 25.7 Å². The zero-order valence-corrected chi connectivity index (χ0v) is 13.5. The van der Waals surface area contributed by atoms with Crippen LogP contribution in [-0.4, -0.2) is 40.9 Å². The number of rotatable bonds is 2. The highest BCUT2D eigenvalue weighted by Gasteiger charge is 2.25. The van der Waals surface area contributed by atoms with Crippen LogP contribution in [0.2, 0.25) is 0 Å². The number of ether oxygens (including phenoxy) is 1. The van der Waals surface area contributed by atoms with E-state index in [2.05, 4.69) is 10.6 Å². The topological polar surface area (TPSA) is 79.6 Å². The van der Waals surface area contributed by atoms with E-state index in [-0.39, 0.29) is 12.1 Å². The average Bonchev–Trinajstić information content (AvgIpc) is 2.28. The molecule has 4 N–H and O–H groups in total. The molecule has 1 amide bonds. The predicted molar refractivity (Wildman–Crippen MR) is 83.1 cm³/mol. The Morgan fingerprint density at radius 2 is 1.65 bits per heavy atom. The van der Waals surface area contributed by atoms with Crippen molar-refractivity contribution in [3.05, 3.63) is 0 Å². The van der Waals surface area contributed by atoms with Crippen molar-refractivity contribution >= 4 is 23.4 Å². The minimum absolute atomic E-state index is 0.173. The number of carbonyl (C=O) groups excluding carboxylic acids is 1. The van der Waals surface area contributed by atoms with E-state index in [1.165, 1.54) is 5.01 Å².